The number of halogens is 3. The molecule has 0 fully saturated rings. The van der Waals surface area contributed by atoms with Crippen molar-refractivity contribution < 1.29 is 13.2 Å². The van der Waals surface area contributed by atoms with Crippen molar-refractivity contribution in [3.05, 3.63) is 30.5 Å². The lowest BCUT2D eigenvalue weighted by Gasteiger charge is -2.08. The molecule has 2 aromatic heterocycles. The van der Waals surface area contributed by atoms with Crippen molar-refractivity contribution in [2.45, 2.75) is 19.1 Å². The normalized spacial score (nSPS) is 11.5. The Bertz CT molecular complexity index is 510. The van der Waals surface area contributed by atoms with Crippen molar-refractivity contribution in [3.63, 3.8) is 0 Å². The number of hydrogen-bond donors (Lipinski definition) is 1. The molecule has 1 N–H and O–H groups in total. The number of nitrogens with zero attached hydrogens (tertiary/aromatic N) is 5. The Kier molecular flexibility index (Phi) is 3.93. The molecule has 0 unspecified atom stereocenters. The maximum atomic E-state index is 12.4. The summed E-state index contributed by atoms with van der Waals surface area (Å²) in [7, 11) is 0. The predicted molar refractivity (Wildman–Crippen MR) is 60.2 cm³/mol. The standard InChI is InChI=1S/C10H11F3N6/c11-10(12,13)9-15-4-2-8(17-9)14-3-1-6-19-7-5-16-18-19/h2,4-5,7H,1,3,6H2,(H,14,15,17). The van der Waals surface area contributed by atoms with E-state index in [2.05, 4.69) is 25.6 Å². The zero-order chi connectivity index (χ0) is 13.7. The molecule has 2 aromatic rings. The molecule has 0 aromatic carbocycles. The molecule has 6 nitrogen and oxygen atoms in total. The van der Waals surface area contributed by atoms with Gasteiger partial charge in [-0.2, -0.15) is 13.2 Å². The predicted octanol–water partition coefficient (Wildman–Crippen LogP) is 1.59. The van der Waals surface area contributed by atoms with E-state index in [1.165, 1.54) is 6.07 Å². The monoisotopic (exact) mass is 272 g/mol. The second-order valence-electron chi connectivity index (χ2n) is 3.71. The molecule has 0 saturated carbocycles. The van der Waals surface area contributed by atoms with Crippen LogP contribution in [0.15, 0.2) is 24.7 Å². The van der Waals surface area contributed by atoms with Crippen molar-refractivity contribution in [1.29, 1.82) is 0 Å². The molecule has 0 amide bonds. The van der Waals surface area contributed by atoms with E-state index in [1.54, 1.807) is 17.1 Å². The number of nitrogens with one attached hydrogen (secondary N) is 1. The van der Waals surface area contributed by atoms with Gasteiger partial charge < -0.3 is 5.32 Å². The largest absolute Gasteiger partial charge is 0.451 e. The summed E-state index contributed by atoms with van der Waals surface area (Å²) in [5.41, 5.74) is 0. The molecule has 0 saturated heterocycles. The smallest absolute Gasteiger partial charge is 0.370 e. The third-order valence-corrected chi connectivity index (χ3v) is 2.25. The van der Waals surface area contributed by atoms with Gasteiger partial charge in [0.15, 0.2) is 0 Å². The van der Waals surface area contributed by atoms with Crippen LogP contribution >= 0.6 is 0 Å². The summed E-state index contributed by atoms with van der Waals surface area (Å²) in [6, 6.07) is 1.39. The maximum Gasteiger partial charge on any atom is 0.451 e. The van der Waals surface area contributed by atoms with Crippen LogP contribution in [0.2, 0.25) is 0 Å². The van der Waals surface area contributed by atoms with Crippen molar-refractivity contribution in [2.75, 3.05) is 11.9 Å². The van der Waals surface area contributed by atoms with Crippen LogP contribution in [-0.4, -0.2) is 31.5 Å². The Morgan fingerprint density at radius 2 is 2.11 bits per heavy atom. The molecule has 0 bridgehead atoms. The van der Waals surface area contributed by atoms with Crippen LogP contribution in [0.1, 0.15) is 12.2 Å². The van der Waals surface area contributed by atoms with Gasteiger partial charge in [-0.25, -0.2) is 9.97 Å². The average molecular weight is 272 g/mol. The molecular formula is C10H11F3N6. The van der Waals surface area contributed by atoms with Gasteiger partial charge in [-0.15, -0.1) is 5.10 Å². The summed E-state index contributed by atoms with van der Waals surface area (Å²) in [6.45, 7) is 1.11. The molecule has 9 heteroatoms. The highest BCUT2D eigenvalue weighted by Crippen LogP contribution is 2.26. The Morgan fingerprint density at radius 3 is 2.79 bits per heavy atom. The molecule has 0 radical (unpaired) electrons. The van der Waals surface area contributed by atoms with Gasteiger partial charge >= 0.3 is 6.18 Å². The fraction of sp³-hybridized carbons (Fsp3) is 0.400. The third-order valence-electron chi connectivity index (χ3n) is 2.25. The summed E-state index contributed by atoms with van der Waals surface area (Å²) in [6.07, 6.45) is 0.516. The van der Waals surface area contributed by atoms with Crippen molar-refractivity contribution >= 4 is 5.82 Å². The van der Waals surface area contributed by atoms with E-state index in [9.17, 15) is 13.2 Å². The summed E-state index contributed by atoms with van der Waals surface area (Å²) in [5.74, 6) is -0.991. The highest BCUT2D eigenvalue weighted by Gasteiger charge is 2.34. The molecule has 0 aliphatic rings. The van der Waals surface area contributed by atoms with Gasteiger partial charge in [0.25, 0.3) is 0 Å². The van der Waals surface area contributed by atoms with Crippen molar-refractivity contribution in [3.8, 4) is 0 Å². The second kappa shape index (κ2) is 5.63. The van der Waals surface area contributed by atoms with Gasteiger partial charge in [-0.3, -0.25) is 4.68 Å². The molecule has 0 atom stereocenters. The highest BCUT2D eigenvalue weighted by molar-refractivity contribution is 5.32. The first-order valence-corrected chi connectivity index (χ1v) is 5.54. The summed E-state index contributed by atoms with van der Waals surface area (Å²) >= 11 is 0. The van der Waals surface area contributed by atoms with Crippen LogP contribution in [0.3, 0.4) is 0 Å². The van der Waals surface area contributed by atoms with E-state index in [-0.39, 0.29) is 5.82 Å². The molecule has 19 heavy (non-hydrogen) atoms. The Balaban J connectivity index is 1.83. The lowest BCUT2D eigenvalue weighted by molar-refractivity contribution is -0.144. The van der Waals surface area contributed by atoms with E-state index < -0.39 is 12.0 Å². The molecule has 102 valence electrons. The summed E-state index contributed by atoms with van der Waals surface area (Å²) in [5, 5.41) is 10.2. The molecule has 0 aliphatic heterocycles. The number of aryl methyl sites for hydroxylation is 1. The minimum atomic E-state index is -4.53. The zero-order valence-electron chi connectivity index (χ0n) is 9.80. The van der Waals surface area contributed by atoms with Gasteiger partial charge in [0.2, 0.25) is 5.82 Å². The van der Waals surface area contributed by atoms with E-state index >= 15 is 0 Å². The zero-order valence-corrected chi connectivity index (χ0v) is 9.80. The highest BCUT2D eigenvalue weighted by atomic mass is 19.4. The molecular weight excluding hydrogens is 261 g/mol. The van der Waals surface area contributed by atoms with Crippen molar-refractivity contribution in [2.24, 2.45) is 0 Å². The number of anilines is 1. The average Bonchev–Trinajstić information content (AvgIpc) is 2.87. The molecule has 0 aliphatic carbocycles. The van der Waals surface area contributed by atoms with Gasteiger partial charge in [0, 0.05) is 25.5 Å². The van der Waals surface area contributed by atoms with E-state index in [0.29, 0.717) is 19.5 Å². The summed E-state index contributed by atoms with van der Waals surface area (Å²) < 4.78 is 38.8. The topological polar surface area (TPSA) is 68.5 Å². The van der Waals surface area contributed by atoms with Crippen LogP contribution < -0.4 is 5.32 Å². The van der Waals surface area contributed by atoms with Crippen LogP contribution in [0.4, 0.5) is 19.0 Å². The Morgan fingerprint density at radius 1 is 1.26 bits per heavy atom. The van der Waals surface area contributed by atoms with E-state index in [4.69, 9.17) is 0 Å². The SMILES string of the molecule is FC(F)(F)c1nccc(NCCCn2ccnn2)n1. The quantitative estimate of drug-likeness (QED) is 0.837. The van der Waals surface area contributed by atoms with Crippen LogP contribution in [0.25, 0.3) is 0 Å². The molecule has 0 spiro atoms. The van der Waals surface area contributed by atoms with Crippen LogP contribution in [0, 0.1) is 0 Å². The lowest BCUT2D eigenvalue weighted by Crippen LogP contribution is -2.13. The van der Waals surface area contributed by atoms with Crippen LogP contribution in [0.5, 0.6) is 0 Å². The first-order valence-electron chi connectivity index (χ1n) is 5.54. The van der Waals surface area contributed by atoms with Gasteiger partial charge in [-0.05, 0) is 12.5 Å². The molecule has 2 rings (SSSR count). The fourth-order valence-electron chi connectivity index (χ4n) is 1.40. The van der Waals surface area contributed by atoms with E-state index in [0.717, 1.165) is 6.20 Å². The van der Waals surface area contributed by atoms with Crippen LogP contribution in [-0.2, 0) is 12.7 Å². The number of hydrogen-bond acceptors (Lipinski definition) is 5. The number of rotatable bonds is 5. The summed E-state index contributed by atoms with van der Waals surface area (Å²) in [4.78, 5) is 6.58. The van der Waals surface area contributed by atoms with Gasteiger partial charge in [-0.1, -0.05) is 5.21 Å². The van der Waals surface area contributed by atoms with E-state index in [1.807, 2.05) is 0 Å². The minimum Gasteiger partial charge on any atom is -0.370 e. The fourth-order valence-corrected chi connectivity index (χ4v) is 1.40. The Hall–Kier alpha value is -2.19. The maximum absolute atomic E-state index is 12.4. The second-order valence-corrected chi connectivity index (χ2v) is 3.71. The molecule has 2 heterocycles. The first-order chi connectivity index (χ1) is 9.05. The van der Waals surface area contributed by atoms with Crippen molar-refractivity contribution in [1.82, 2.24) is 25.0 Å². The van der Waals surface area contributed by atoms with Gasteiger partial charge in [0.1, 0.15) is 5.82 Å². The first kappa shape index (κ1) is 13.2. The number of alkyl halides is 3. The van der Waals surface area contributed by atoms with Gasteiger partial charge in [0.05, 0.1) is 6.20 Å². The lowest BCUT2D eigenvalue weighted by atomic mass is 10.4. The third kappa shape index (κ3) is 3.90. The number of aromatic nitrogens is 5. The Labute approximate surface area is 106 Å². The minimum absolute atomic E-state index is 0.154.